The van der Waals surface area contributed by atoms with Crippen LogP contribution >= 0.6 is 0 Å². The molecule has 0 aromatic heterocycles. The molecule has 5 nitrogen and oxygen atoms in total. The zero-order chi connectivity index (χ0) is 8.69. The van der Waals surface area contributed by atoms with Gasteiger partial charge in [0.15, 0.2) is 0 Å². The number of carbonyl (C=O) groups excluding carboxylic acids is 2. The zero-order valence-corrected chi connectivity index (χ0v) is 6.52. The maximum Gasteiger partial charge on any atom is 0.234 e. The molecule has 5 heteroatoms. The lowest BCUT2D eigenvalue weighted by molar-refractivity contribution is -0.126. The topological polar surface area (TPSA) is 84.2 Å². The number of amides is 2. The molecule has 0 aromatic rings. The minimum atomic E-state index is -0.323. The molecule has 0 saturated carbocycles. The third kappa shape index (κ3) is 5.35. The summed E-state index contributed by atoms with van der Waals surface area (Å²) >= 11 is 0. The van der Waals surface area contributed by atoms with Crippen LogP contribution in [0.15, 0.2) is 0 Å². The summed E-state index contributed by atoms with van der Waals surface area (Å²) < 4.78 is 0. The first kappa shape index (κ1) is 9.90. The summed E-state index contributed by atoms with van der Waals surface area (Å²) in [7, 11) is 0. The number of hydrazine groups is 1. The number of nitrogens with two attached hydrogens (primary N) is 1. The van der Waals surface area contributed by atoms with Gasteiger partial charge >= 0.3 is 0 Å². The molecule has 0 bridgehead atoms. The molecule has 0 spiro atoms. The molecular weight excluding hydrogens is 146 g/mol. The highest BCUT2D eigenvalue weighted by Crippen LogP contribution is 1.86. The predicted octanol–water partition coefficient (Wildman–Crippen LogP) is -1.11. The molecule has 0 saturated heterocycles. The highest BCUT2D eigenvalue weighted by atomic mass is 16.2. The van der Waals surface area contributed by atoms with E-state index in [9.17, 15) is 9.59 Å². The number of carbonyl (C=O) groups is 2. The van der Waals surface area contributed by atoms with Crippen LogP contribution in [0.3, 0.4) is 0 Å². The summed E-state index contributed by atoms with van der Waals surface area (Å²) in [5.74, 6) is 4.35. The molecule has 0 aliphatic rings. The van der Waals surface area contributed by atoms with Gasteiger partial charge in [-0.15, -0.1) is 0 Å². The van der Waals surface area contributed by atoms with Crippen molar-refractivity contribution in [3.63, 3.8) is 0 Å². The molecule has 64 valence electrons. The lowest BCUT2D eigenvalue weighted by Crippen LogP contribution is -2.31. The van der Waals surface area contributed by atoms with Crippen LogP contribution in [0.25, 0.3) is 0 Å². The molecular formula is C6H13N3O2. The Morgan fingerprint density at radius 2 is 1.82 bits per heavy atom. The van der Waals surface area contributed by atoms with E-state index in [4.69, 9.17) is 5.84 Å². The van der Waals surface area contributed by atoms with Crippen LogP contribution in [0.1, 0.15) is 19.8 Å². The van der Waals surface area contributed by atoms with Crippen molar-refractivity contribution < 1.29 is 9.59 Å². The van der Waals surface area contributed by atoms with E-state index in [0.29, 0.717) is 6.54 Å². The Morgan fingerprint density at radius 1 is 1.27 bits per heavy atom. The fourth-order valence-electron chi connectivity index (χ4n) is 0.585. The van der Waals surface area contributed by atoms with Crippen LogP contribution in [0, 0.1) is 0 Å². The average Bonchev–Trinajstić information content (AvgIpc) is 2.01. The Kier molecular flexibility index (Phi) is 5.10. The van der Waals surface area contributed by atoms with Crippen molar-refractivity contribution in [2.24, 2.45) is 5.84 Å². The monoisotopic (exact) mass is 159 g/mol. The van der Waals surface area contributed by atoms with Crippen LogP contribution in [0.2, 0.25) is 0 Å². The highest BCUT2D eigenvalue weighted by Gasteiger charge is 2.03. The Bertz CT molecular complexity index is 147. The van der Waals surface area contributed by atoms with Crippen LogP contribution < -0.4 is 16.6 Å². The minimum absolute atomic E-state index is 0.129. The van der Waals surface area contributed by atoms with E-state index >= 15 is 0 Å². The van der Waals surface area contributed by atoms with E-state index in [1.165, 1.54) is 0 Å². The van der Waals surface area contributed by atoms with Gasteiger partial charge in [0, 0.05) is 19.4 Å². The number of rotatable bonds is 4. The lowest BCUT2D eigenvalue weighted by Gasteiger charge is -2.00. The van der Waals surface area contributed by atoms with Gasteiger partial charge in [-0.2, -0.15) is 0 Å². The van der Waals surface area contributed by atoms with E-state index in [-0.39, 0.29) is 24.7 Å². The molecule has 0 rings (SSSR count). The van der Waals surface area contributed by atoms with Crippen LogP contribution in [0.4, 0.5) is 0 Å². The van der Waals surface area contributed by atoms with Crippen LogP contribution in [-0.2, 0) is 9.59 Å². The van der Waals surface area contributed by atoms with E-state index < -0.39 is 0 Å². The molecule has 0 aromatic carbocycles. The average molecular weight is 159 g/mol. The van der Waals surface area contributed by atoms with Gasteiger partial charge in [0.05, 0.1) is 0 Å². The SMILES string of the molecule is CCNC(=O)CCC(=O)NN. The first-order valence-electron chi connectivity index (χ1n) is 3.46. The second-order valence-corrected chi connectivity index (χ2v) is 2.02. The molecule has 11 heavy (non-hydrogen) atoms. The van der Waals surface area contributed by atoms with E-state index in [2.05, 4.69) is 5.32 Å². The summed E-state index contributed by atoms with van der Waals surface area (Å²) in [6.07, 6.45) is 0.333. The molecule has 4 N–H and O–H groups in total. The molecule has 0 aliphatic heterocycles. The van der Waals surface area contributed by atoms with Crippen molar-refractivity contribution >= 4 is 11.8 Å². The lowest BCUT2D eigenvalue weighted by atomic mass is 10.3. The predicted molar refractivity (Wildman–Crippen MR) is 40.2 cm³/mol. The summed E-state index contributed by atoms with van der Waals surface area (Å²) in [5, 5.41) is 2.57. The summed E-state index contributed by atoms with van der Waals surface area (Å²) in [6, 6.07) is 0. The summed E-state index contributed by atoms with van der Waals surface area (Å²) in [4.78, 5) is 21.2. The van der Waals surface area contributed by atoms with Crippen molar-refractivity contribution in [3.05, 3.63) is 0 Å². The first-order chi connectivity index (χ1) is 5.20. The van der Waals surface area contributed by atoms with Crippen molar-refractivity contribution in [3.8, 4) is 0 Å². The fraction of sp³-hybridized carbons (Fsp3) is 0.667. The Morgan fingerprint density at radius 3 is 2.27 bits per heavy atom. The molecule has 0 atom stereocenters. The quantitative estimate of drug-likeness (QED) is 0.276. The molecule has 0 aliphatic carbocycles. The number of hydrogen-bond donors (Lipinski definition) is 3. The number of nitrogens with one attached hydrogen (secondary N) is 2. The molecule has 0 heterocycles. The van der Waals surface area contributed by atoms with E-state index in [1.54, 1.807) is 0 Å². The molecule has 2 amide bonds. The summed E-state index contributed by atoms with van der Waals surface area (Å²) in [5.41, 5.74) is 1.94. The van der Waals surface area contributed by atoms with Gasteiger partial charge in [0.2, 0.25) is 11.8 Å². The van der Waals surface area contributed by atoms with Crippen molar-refractivity contribution in [1.82, 2.24) is 10.7 Å². The van der Waals surface area contributed by atoms with Gasteiger partial charge in [0.1, 0.15) is 0 Å². The van der Waals surface area contributed by atoms with Gasteiger partial charge < -0.3 is 5.32 Å². The van der Waals surface area contributed by atoms with Crippen LogP contribution in [-0.4, -0.2) is 18.4 Å². The Balaban J connectivity index is 3.38. The van der Waals surface area contributed by atoms with Gasteiger partial charge in [-0.25, -0.2) is 5.84 Å². The minimum Gasteiger partial charge on any atom is -0.356 e. The van der Waals surface area contributed by atoms with E-state index in [0.717, 1.165) is 0 Å². The van der Waals surface area contributed by atoms with Crippen molar-refractivity contribution in [2.75, 3.05) is 6.54 Å². The van der Waals surface area contributed by atoms with Gasteiger partial charge in [0.25, 0.3) is 0 Å². The normalized spacial score (nSPS) is 8.91. The van der Waals surface area contributed by atoms with Crippen molar-refractivity contribution in [2.45, 2.75) is 19.8 Å². The highest BCUT2D eigenvalue weighted by molar-refractivity contribution is 5.83. The second-order valence-electron chi connectivity index (χ2n) is 2.02. The molecule has 0 fully saturated rings. The van der Waals surface area contributed by atoms with Gasteiger partial charge in [-0.05, 0) is 6.92 Å². The molecule has 0 radical (unpaired) electrons. The maximum absolute atomic E-state index is 10.7. The Hall–Kier alpha value is -1.10. The zero-order valence-electron chi connectivity index (χ0n) is 6.52. The van der Waals surface area contributed by atoms with E-state index in [1.807, 2.05) is 12.3 Å². The third-order valence-corrected chi connectivity index (χ3v) is 1.11. The van der Waals surface area contributed by atoms with Gasteiger partial charge in [-0.1, -0.05) is 0 Å². The molecule has 0 unspecified atom stereocenters. The summed E-state index contributed by atoms with van der Waals surface area (Å²) in [6.45, 7) is 2.41. The smallest absolute Gasteiger partial charge is 0.234 e. The third-order valence-electron chi connectivity index (χ3n) is 1.11. The first-order valence-corrected chi connectivity index (χ1v) is 3.46. The van der Waals surface area contributed by atoms with Crippen molar-refractivity contribution in [1.29, 1.82) is 0 Å². The van der Waals surface area contributed by atoms with Gasteiger partial charge in [-0.3, -0.25) is 15.0 Å². The maximum atomic E-state index is 10.7. The van der Waals surface area contributed by atoms with Crippen LogP contribution in [0.5, 0.6) is 0 Å². The largest absolute Gasteiger partial charge is 0.356 e. The standard InChI is InChI=1S/C6H13N3O2/c1-2-8-5(10)3-4-6(11)9-7/h2-4,7H2,1H3,(H,8,10)(H,9,11). The number of hydrogen-bond acceptors (Lipinski definition) is 3. The fourth-order valence-corrected chi connectivity index (χ4v) is 0.585. The second kappa shape index (κ2) is 5.67. The Labute approximate surface area is 65.3 Å².